The van der Waals surface area contributed by atoms with E-state index in [0.717, 1.165) is 25.2 Å². The number of unbranched alkanes of at least 4 members (excludes halogenated alkanes) is 3. The Morgan fingerprint density at radius 1 is 0.857 bits per heavy atom. The molecule has 164 valence electrons. The number of rotatable bonds is 17. The molecule has 0 heterocycles. The van der Waals surface area contributed by atoms with Crippen molar-refractivity contribution in [2.45, 2.75) is 92.4 Å². The summed E-state index contributed by atoms with van der Waals surface area (Å²) in [5.41, 5.74) is 12.4. The first-order chi connectivity index (χ1) is 13.5. The minimum Gasteiger partial charge on any atom is -0.498 e. The summed E-state index contributed by atoms with van der Waals surface area (Å²) in [4.78, 5) is 0. The van der Waals surface area contributed by atoms with Gasteiger partial charge in [-0.3, -0.25) is 0 Å². The SMILES string of the molecule is CCCCCC(CC)COC(/C=C/N)=C(N)/C=C(\C)OCC(CC)CCCC. The van der Waals surface area contributed by atoms with Gasteiger partial charge < -0.3 is 20.9 Å². The van der Waals surface area contributed by atoms with Crippen LogP contribution >= 0.6 is 0 Å². The van der Waals surface area contributed by atoms with Gasteiger partial charge in [0.25, 0.3) is 0 Å². The van der Waals surface area contributed by atoms with E-state index in [4.69, 9.17) is 20.9 Å². The van der Waals surface area contributed by atoms with Crippen LogP contribution in [0.4, 0.5) is 0 Å². The van der Waals surface area contributed by atoms with E-state index in [1.807, 2.05) is 13.0 Å². The molecule has 0 amide bonds. The molecule has 2 atom stereocenters. The third-order valence-corrected chi connectivity index (χ3v) is 5.25. The number of nitrogens with two attached hydrogens (primary N) is 2. The van der Waals surface area contributed by atoms with Crippen LogP contribution in [0.1, 0.15) is 92.4 Å². The second kappa shape index (κ2) is 17.5. The lowest BCUT2D eigenvalue weighted by atomic mass is 10.00. The predicted molar refractivity (Wildman–Crippen MR) is 121 cm³/mol. The molecule has 0 aliphatic heterocycles. The van der Waals surface area contributed by atoms with Crippen molar-refractivity contribution in [3.63, 3.8) is 0 Å². The predicted octanol–water partition coefficient (Wildman–Crippen LogP) is 6.39. The monoisotopic (exact) mass is 394 g/mol. The molecule has 4 N–H and O–H groups in total. The maximum Gasteiger partial charge on any atom is 0.143 e. The van der Waals surface area contributed by atoms with Crippen LogP contribution < -0.4 is 11.5 Å². The van der Waals surface area contributed by atoms with Crippen molar-refractivity contribution in [1.82, 2.24) is 0 Å². The van der Waals surface area contributed by atoms with Crippen molar-refractivity contribution < 1.29 is 9.47 Å². The summed E-state index contributed by atoms with van der Waals surface area (Å²) in [5, 5.41) is 0. The van der Waals surface area contributed by atoms with Gasteiger partial charge in [0, 0.05) is 6.08 Å². The zero-order chi connectivity index (χ0) is 21.2. The van der Waals surface area contributed by atoms with Crippen molar-refractivity contribution in [2.24, 2.45) is 23.3 Å². The lowest BCUT2D eigenvalue weighted by Crippen LogP contribution is -2.12. The molecule has 0 aliphatic carbocycles. The van der Waals surface area contributed by atoms with E-state index in [-0.39, 0.29) is 0 Å². The summed E-state index contributed by atoms with van der Waals surface area (Å²) in [6.45, 7) is 12.3. The number of allylic oxidation sites excluding steroid dienone is 3. The molecule has 0 saturated heterocycles. The highest BCUT2D eigenvalue weighted by molar-refractivity contribution is 5.27. The summed E-state index contributed by atoms with van der Waals surface area (Å²) < 4.78 is 12.0. The molecule has 0 aromatic carbocycles. The smallest absolute Gasteiger partial charge is 0.143 e. The van der Waals surface area contributed by atoms with Gasteiger partial charge in [0.15, 0.2) is 0 Å². The van der Waals surface area contributed by atoms with Gasteiger partial charge in [-0.15, -0.1) is 0 Å². The normalized spacial score (nSPS) is 15.4. The van der Waals surface area contributed by atoms with E-state index in [0.29, 0.717) is 29.9 Å². The van der Waals surface area contributed by atoms with E-state index in [1.54, 1.807) is 6.08 Å². The summed E-state index contributed by atoms with van der Waals surface area (Å²) >= 11 is 0. The van der Waals surface area contributed by atoms with E-state index in [1.165, 1.54) is 51.1 Å². The molecule has 0 radical (unpaired) electrons. The fourth-order valence-corrected chi connectivity index (χ4v) is 3.09. The van der Waals surface area contributed by atoms with Crippen LogP contribution in [-0.2, 0) is 9.47 Å². The third-order valence-electron chi connectivity index (χ3n) is 5.25. The maximum absolute atomic E-state index is 6.26. The van der Waals surface area contributed by atoms with Gasteiger partial charge in [0.05, 0.1) is 24.7 Å². The van der Waals surface area contributed by atoms with Gasteiger partial charge in [-0.1, -0.05) is 72.6 Å². The summed E-state index contributed by atoms with van der Waals surface area (Å²) in [6, 6.07) is 0. The van der Waals surface area contributed by atoms with Crippen molar-refractivity contribution in [1.29, 1.82) is 0 Å². The standard InChI is InChI=1S/C24H46N2O2/c1-6-10-12-14-22(9-4)19-28-24(15-16-25)23(26)17-20(5)27-18-21(8-3)13-11-7-2/h15-17,21-22H,6-14,18-19,25-26H2,1-5H3/b16-15+,20-17+,24-23-. The van der Waals surface area contributed by atoms with Crippen LogP contribution in [0.25, 0.3) is 0 Å². The average Bonchev–Trinajstić information content (AvgIpc) is 2.69. The van der Waals surface area contributed by atoms with E-state index in [9.17, 15) is 0 Å². The average molecular weight is 395 g/mol. The highest BCUT2D eigenvalue weighted by Crippen LogP contribution is 2.18. The number of ether oxygens (including phenoxy) is 2. The van der Waals surface area contributed by atoms with Crippen LogP contribution in [0.3, 0.4) is 0 Å². The molecule has 0 aliphatic rings. The third kappa shape index (κ3) is 12.7. The minimum atomic E-state index is 0.547. The molecule has 0 bridgehead atoms. The molecule has 0 fully saturated rings. The second-order valence-electron chi connectivity index (χ2n) is 7.74. The van der Waals surface area contributed by atoms with Crippen molar-refractivity contribution in [3.8, 4) is 0 Å². The Kier molecular flexibility index (Phi) is 16.5. The Hall–Kier alpha value is -1.58. The fourth-order valence-electron chi connectivity index (χ4n) is 3.09. The van der Waals surface area contributed by atoms with Crippen LogP contribution in [-0.4, -0.2) is 13.2 Å². The fraction of sp³-hybridized carbons (Fsp3) is 0.750. The molecule has 28 heavy (non-hydrogen) atoms. The Bertz CT molecular complexity index is 469. The molecule has 4 heteroatoms. The maximum atomic E-state index is 6.26. The molecule has 2 unspecified atom stereocenters. The van der Waals surface area contributed by atoms with Crippen LogP contribution in [0.2, 0.25) is 0 Å². The largest absolute Gasteiger partial charge is 0.498 e. The first-order valence-electron chi connectivity index (χ1n) is 11.3. The van der Waals surface area contributed by atoms with Crippen molar-refractivity contribution in [2.75, 3.05) is 13.2 Å². The molecule has 0 spiro atoms. The van der Waals surface area contributed by atoms with Crippen LogP contribution in [0.5, 0.6) is 0 Å². The topological polar surface area (TPSA) is 70.5 Å². The molecule has 0 saturated carbocycles. The lowest BCUT2D eigenvalue weighted by molar-refractivity contribution is 0.155. The Labute approximate surface area is 174 Å². The van der Waals surface area contributed by atoms with E-state index >= 15 is 0 Å². The Morgan fingerprint density at radius 3 is 1.96 bits per heavy atom. The highest BCUT2D eigenvalue weighted by Gasteiger charge is 2.10. The first-order valence-corrected chi connectivity index (χ1v) is 11.3. The molecule has 0 aromatic heterocycles. The number of hydrogen-bond acceptors (Lipinski definition) is 4. The first kappa shape index (κ1) is 26.4. The molecule has 4 nitrogen and oxygen atoms in total. The summed E-state index contributed by atoms with van der Waals surface area (Å²) in [5.74, 6) is 2.58. The summed E-state index contributed by atoms with van der Waals surface area (Å²) in [7, 11) is 0. The van der Waals surface area contributed by atoms with Gasteiger partial charge in [-0.2, -0.15) is 0 Å². The Morgan fingerprint density at radius 2 is 1.43 bits per heavy atom. The van der Waals surface area contributed by atoms with E-state index < -0.39 is 0 Å². The summed E-state index contributed by atoms with van der Waals surface area (Å²) in [6.07, 6.45) is 16.0. The van der Waals surface area contributed by atoms with E-state index in [2.05, 4.69) is 27.7 Å². The van der Waals surface area contributed by atoms with Gasteiger partial charge in [-0.05, 0) is 43.9 Å². The van der Waals surface area contributed by atoms with Crippen molar-refractivity contribution >= 4 is 0 Å². The van der Waals surface area contributed by atoms with Crippen molar-refractivity contribution in [3.05, 3.63) is 35.6 Å². The van der Waals surface area contributed by atoms with Gasteiger partial charge in [-0.25, -0.2) is 0 Å². The molecular weight excluding hydrogens is 348 g/mol. The lowest BCUT2D eigenvalue weighted by Gasteiger charge is -2.18. The molecule has 0 rings (SSSR count). The quantitative estimate of drug-likeness (QED) is 0.170. The number of hydrogen-bond donors (Lipinski definition) is 2. The zero-order valence-electron chi connectivity index (χ0n) is 19.1. The Balaban J connectivity index is 4.82. The van der Waals surface area contributed by atoms with Crippen LogP contribution in [0.15, 0.2) is 35.6 Å². The molecular formula is C24H46N2O2. The molecule has 0 aromatic rings. The zero-order valence-corrected chi connectivity index (χ0v) is 19.1. The van der Waals surface area contributed by atoms with Crippen LogP contribution in [0, 0.1) is 11.8 Å². The van der Waals surface area contributed by atoms with Gasteiger partial charge >= 0.3 is 0 Å². The minimum absolute atomic E-state index is 0.547. The van der Waals surface area contributed by atoms with Gasteiger partial charge in [0.1, 0.15) is 5.76 Å². The van der Waals surface area contributed by atoms with Gasteiger partial charge in [0.2, 0.25) is 0 Å². The second-order valence-corrected chi connectivity index (χ2v) is 7.74. The highest BCUT2D eigenvalue weighted by atomic mass is 16.5.